The maximum atomic E-state index is 13.3. The number of nitrogens with one attached hydrogen (secondary N) is 1. The highest BCUT2D eigenvalue weighted by molar-refractivity contribution is 9.10. The molecule has 4 aromatic rings. The van der Waals surface area contributed by atoms with Crippen molar-refractivity contribution < 1.29 is 14.3 Å². The SMILES string of the molecule is COc1cc(C=Nn2c(C(C)C)nc3ccc(Br)cc3c2=O)cc(Br)c1OCC(=O)Nc1ccc(Cl)cc1. The van der Waals surface area contributed by atoms with E-state index in [4.69, 9.17) is 21.1 Å². The van der Waals surface area contributed by atoms with E-state index in [0.717, 1.165) is 4.47 Å². The molecule has 0 saturated carbocycles. The fraction of sp³-hybridized carbons (Fsp3) is 0.185. The summed E-state index contributed by atoms with van der Waals surface area (Å²) in [4.78, 5) is 30.3. The van der Waals surface area contributed by atoms with E-state index in [2.05, 4.69) is 47.3 Å². The number of amides is 1. The number of carbonyl (C=O) groups is 1. The standard InChI is InChI=1S/C27H23Br2ClN4O4/c1-15(2)26-33-22-9-4-17(28)12-20(22)27(36)34(26)31-13-16-10-21(29)25(23(11-16)37-3)38-14-24(35)32-19-7-5-18(30)6-8-19/h4-13,15H,14H2,1-3H3,(H,32,35). The third kappa shape index (κ3) is 6.43. The first-order chi connectivity index (χ1) is 18.2. The molecule has 1 heterocycles. The van der Waals surface area contributed by atoms with Crippen LogP contribution in [0.2, 0.25) is 5.02 Å². The van der Waals surface area contributed by atoms with Crippen LogP contribution in [-0.4, -0.2) is 35.5 Å². The van der Waals surface area contributed by atoms with Crippen LogP contribution in [0.4, 0.5) is 5.69 Å². The summed E-state index contributed by atoms with van der Waals surface area (Å²) >= 11 is 12.8. The van der Waals surface area contributed by atoms with E-state index in [0.29, 0.717) is 49.0 Å². The van der Waals surface area contributed by atoms with Gasteiger partial charge in [-0.15, -0.1) is 0 Å². The highest BCUT2D eigenvalue weighted by Gasteiger charge is 2.16. The molecule has 0 spiro atoms. The van der Waals surface area contributed by atoms with E-state index in [9.17, 15) is 9.59 Å². The molecule has 0 fully saturated rings. The summed E-state index contributed by atoms with van der Waals surface area (Å²) in [6.45, 7) is 3.66. The lowest BCUT2D eigenvalue weighted by molar-refractivity contribution is -0.118. The number of rotatable bonds is 8. The van der Waals surface area contributed by atoms with Gasteiger partial charge < -0.3 is 14.8 Å². The molecule has 0 aliphatic carbocycles. The fourth-order valence-electron chi connectivity index (χ4n) is 3.60. The summed E-state index contributed by atoms with van der Waals surface area (Å²) in [6, 6.07) is 15.6. The summed E-state index contributed by atoms with van der Waals surface area (Å²) in [5.74, 6) is 0.899. The van der Waals surface area contributed by atoms with Crippen molar-refractivity contribution in [2.24, 2.45) is 5.10 Å². The van der Waals surface area contributed by atoms with Gasteiger partial charge in [-0.3, -0.25) is 9.59 Å². The monoisotopic (exact) mass is 660 g/mol. The molecule has 0 radical (unpaired) electrons. The Bertz CT molecular complexity index is 1590. The molecule has 8 nitrogen and oxygen atoms in total. The molecule has 0 bridgehead atoms. The van der Waals surface area contributed by atoms with E-state index >= 15 is 0 Å². The van der Waals surface area contributed by atoms with Crippen molar-refractivity contribution in [1.82, 2.24) is 9.66 Å². The van der Waals surface area contributed by atoms with Crippen molar-refractivity contribution in [1.29, 1.82) is 0 Å². The highest BCUT2D eigenvalue weighted by Crippen LogP contribution is 2.36. The van der Waals surface area contributed by atoms with Crippen molar-refractivity contribution in [3.05, 3.63) is 90.3 Å². The second-order valence-electron chi connectivity index (χ2n) is 8.53. The minimum absolute atomic E-state index is 0.0380. The number of halogens is 3. The molecule has 1 aromatic heterocycles. The number of methoxy groups -OCH3 is 1. The minimum Gasteiger partial charge on any atom is -0.493 e. The average molecular weight is 663 g/mol. The first-order valence-electron chi connectivity index (χ1n) is 11.5. The summed E-state index contributed by atoms with van der Waals surface area (Å²) in [7, 11) is 1.50. The summed E-state index contributed by atoms with van der Waals surface area (Å²) < 4.78 is 13.9. The van der Waals surface area contributed by atoms with Gasteiger partial charge in [0.05, 0.1) is 28.7 Å². The molecule has 3 aromatic carbocycles. The maximum absolute atomic E-state index is 13.3. The van der Waals surface area contributed by atoms with Crippen molar-refractivity contribution in [2.45, 2.75) is 19.8 Å². The van der Waals surface area contributed by atoms with E-state index in [-0.39, 0.29) is 24.0 Å². The van der Waals surface area contributed by atoms with Crippen LogP contribution in [0.5, 0.6) is 11.5 Å². The van der Waals surface area contributed by atoms with Crippen LogP contribution in [0.25, 0.3) is 10.9 Å². The van der Waals surface area contributed by atoms with Gasteiger partial charge in [0.2, 0.25) is 0 Å². The number of fused-ring (bicyclic) bond motifs is 1. The third-order valence-electron chi connectivity index (χ3n) is 5.40. The lowest BCUT2D eigenvalue weighted by atomic mass is 10.2. The Morgan fingerprint density at radius 2 is 1.89 bits per heavy atom. The molecular formula is C27H23Br2ClN4O4. The van der Waals surface area contributed by atoms with E-state index < -0.39 is 0 Å². The van der Waals surface area contributed by atoms with Gasteiger partial charge in [0.25, 0.3) is 11.5 Å². The number of benzene rings is 3. The zero-order valence-corrected chi connectivity index (χ0v) is 24.6. The lowest BCUT2D eigenvalue weighted by Crippen LogP contribution is -2.23. The first kappa shape index (κ1) is 27.8. The molecule has 1 N–H and O–H groups in total. The second kappa shape index (κ2) is 12.1. The van der Waals surface area contributed by atoms with Gasteiger partial charge in [0, 0.05) is 21.1 Å². The summed E-state index contributed by atoms with van der Waals surface area (Å²) in [5, 5.41) is 8.24. The average Bonchev–Trinajstić information content (AvgIpc) is 2.88. The Hall–Kier alpha value is -3.21. The number of anilines is 1. The van der Waals surface area contributed by atoms with Crippen LogP contribution < -0.4 is 20.3 Å². The van der Waals surface area contributed by atoms with Crippen molar-refractivity contribution >= 4 is 72.2 Å². The van der Waals surface area contributed by atoms with Crippen molar-refractivity contribution in [3.63, 3.8) is 0 Å². The van der Waals surface area contributed by atoms with Gasteiger partial charge in [-0.05, 0) is 76.1 Å². The second-order valence-corrected chi connectivity index (χ2v) is 10.7. The van der Waals surface area contributed by atoms with E-state index in [1.165, 1.54) is 11.8 Å². The van der Waals surface area contributed by atoms with Gasteiger partial charge in [0.1, 0.15) is 5.82 Å². The molecule has 11 heteroatoms. The Morgan fingerprint density at radius 1 is 1.16 bits per heavy atom. The number of nitrogens with zero attached hydrogens (tertiary/aromatic N) is 3. The molecule has 0 aliphatic rings. The van der Waals surface area contributed by atoms with Gasteiger partial charge in [0.15, 0.2) is 18.1 Å². The van der Waals surface area contributed by atoms with E-state index in [1.54, 1.807) is 54.7 Å². The topological polar surface area (TPSA) is 94.8 Å². The normalized spacial score (nSPS) is 11.3. The van der Waals surface area contributed by atoms with Gasteiger partial charge in [-0.25, -0.2) is 4.98 Å². The quantitative estimate of drug-likeness (QED) is 0.215. The summed E-state index contributed by atoms with van der Waals surface area (Å²) in [5.41, 5.74) is 1.59. The predicted octanol–water partition coefficient (Wildman–Crippen LogP) is 6.61. The Morgan fingerprint density at radius 3 is 2.58 bits per heavy atom. The van der Waals surface area contributed by atoms with Gasteiger partial charge in [-0.2, -0.15) is 9.78 Å². The van der Waals surface area contributed by atoms with Crippen LogP contribution in [0.15, 0.2) is 73.4 Å². The van der Waals surface area contributed by atoms with Crippen LogP contribution in [-0.2, 0) is 4.79 Å². The Kier molecular flexibility index (Phi) is 8.86. The third-order valence-corrected chi connectivity index (χ3v) is 6.73. The number of carbonyl (C=O) groups excluding carboxylic acids is 1. The van der Waals surface area contributed by atoms with Crippen molar-refractivity contribution in [2.75, 3.05) is 19.0 Å². The number of hydrogen-bond donors (Lipinski definition) is 1. The Labute approximate surface area is 240 Å². The largest absolute Gasteiger partial charge is 0.493 e. The number of aromatic nitrogens is 2. The van der Waals surface area contributed by atoms with Crippen LogP contribution in [0.1, 0.15) is 31.2 Å². The molecular weight excluding hydrogens is 640 g/mol. The molecule has 0 aliphatic heterocycles. The van der Waals surface area contributed by atoms with Gasteiger partial charge in [-0.1, -0.05) is 41.4 Å². The first-order valence-corrected chi connectivity index (χ1v) is 13.4. The van der Waals surface area contributed by atoms with Crippen molar-refractivity contribution in [3.8, 4) is 11.5 Å². The maximum Gasteiger partial charge on any atom is 0.282 e. The fourth-order valence-corrected chi connectivity index (χ4v) is 4.66. The zero-order valence-electron chi connectivity index (χ0n) is 20.7. The highest BCUT2D eigenvalue weighted by atomic mass is 79.9. The summed E-state index contributed by atoms with van der Waals surface area (Å²) in [6.07, 6.45) is 1.54. The predicted molar refractivity (Wildman–Crippen MR) is 157 cm³/mol. The molecule has 4 rings (SSSR count). The zero-order chi connectivity index (χ0) is 27.4. The molecule has 0 unspecified atom stereocenters. The molecule has 0 atom stereocenters. The van der Waals surface area contributed by atoms with Crippen LogP contribution in [0, 0.1) is 0 Å². The molecule has 38 heavy (non-hydrogen) atoms. The molecule has 196 valence electrons. The lowest BCUT2D eigenvalue weighted by Gasteiger charge is -2.14. The van der Waals surface area contributed by atoms with Crippen LogP contribution in [0.3, 0.4) is 0 Å². The number of hydrogen-bond acceptors (Lipinski definition) is 6. The van der Waals surface area contributed by atoms with Crippen LogP contribution >= 0.6 is 43.5 Å². The smallest absolute Gasteiger partial charge is 0.282 e. The van der Waals surface area contributed by atoms with E-state index in [1.807, 2.05) is 19.9 Å². The molecule has 1 amide bonds. The number of ether oxygens (including phenoxy) is 2. The minimum atomic E-state index is -0.344. The molecule has 0 saturated heterocycles. The Balaban J connectivity index is 1.58. The van der Waals surface area contributed by atoms with Gasteiger partial charge >= 0.3 is 0 Å².